The van der Waals surface area contributed by atoms with E-state index < -0.39 is 0 Å². The van der Waals surface area contributed by atoms with Crippen LogP contribution in [0.5, 0.6) is 0 Å². The number of aliphatic hydroxyl groups excluding tert-OH is 1. The summed E-state index contributed by atoms with van der Waals surface area (Å²) in [6.45, 7) is 3.80. The summed E-state index contributed by atoms with van der Waals surface area (Å²) in [5.74, 6) is 0.670. The van der Waals surface area contributed by atoms with Crippen molar-refractivity contribution >= 4 is 27.8 Å². The van der Waals surface area contributed by atoms with E-state index in [1.807, 2.05) is 19.1 Å². The molecule has 0 saturated heterocycles. The molecule has 7 heteroatoms. The Balaban J connectivity index is 1.76. The zero-order valence-electron chi connectivity index (χ0n) is 14.6. The molecule has 1 fully saturated rings. The highest BCUT2D eigenvalue weighted by Crippen LogP contribution is 2.18. The number of nitrogens with zero attached hydrogens (tertiary/aromatic N) is 1. The number of aliphatic imine (C=N–C) groups is 1. The Kier molecular flexibility index (Phi) is 8.21. The number of nitrogens with one attached hydrogen (secondary N) is 3. The number of hydrogen-bond acceptors (Lipinski definition) is 3. The summed E-state index contributed by atoms with van der Waals surface area (Å²) in [6, 6.07) is 7.61. The van der Waals surface area contributed by atoms with E-state index in [4.69, 9.17) is 0 Å². The van der Waals surface area contributed by atoms with Gasteiger partial charge in [0.1, 0.15) is 0 Å². The minimum atomic E-state index is -0.161. The van der Waals surface area contributed by atoms with Crippen molar-refractivity contribution in [3.05, 3.63) is 34.3 Å². The number of hydrogen-bond donors (Lipinski definition) is 4. The first-order valence-electron chi connectivity index (χ1n) is 8.85. The molecule has 0 aliphatic heterocycles. The SMILES string of the molecule is CCNC(=NCCNC(=O)c1ccc(Br)cc1)NC1CCC(O)CC1. The van der Waals surface area contributed by atoms with Crippen LogP contribution in [-0.2, 0) is 0 Å². The lowest BCUT2D eigenvalue weighted by atomic mass is 9.93. The van der Waals surface area contributed by atoms with E-state index in [0.29, 0.717) is 24.7 Å². The van der Waals surface area contributed by atoms with E-state index in [1.165, 1.54) is 0 Å². The van der Waals surface area contributed by atoms with Gasteiger partial charge < -0.3 is 21.1 Å². The Morgan fingerprint density at radius 1 is 1.20 bits per heavy atom. The minimum absolute atomic E-state index is 0.0954. The summed E-state index contributed by atoms with van der Waals surface area (Å²) >= 11 is 3.36. The molecule has 2 rings (SSSR count). The molecule has 0 bridgehead atoms. The lowest BCUT2D eigenvalue weighted by Gasteiger charge is -2.27. The largest absolute Gasteiger partial charge is 0.393 e. The lowest BCUT2D eigenvalue weighted by Crippen LogP contribution is -2.45. The van der Waals surface area contributed by atoms with Crippen LogP contribution in [0.1, 0.15) is 43.0 Å². The van der Waals surface area contributed by atoms with Gasteiger partial charge in [0, 0.05) is 29.2 Å². The molecule has 138 valence electrons. The van der Waals surface area contributed by atoms with Gasteiger partial charge in [-0.3, -0.25) is 9.79 Å². The molecule has 1 aliphatic carbocycles. The Hall–Kier alpha value is -1.60. The van der Waals surface area contributed by atoms with Crippen molar-refractivity contribution in [2.75, 3.05) is 19.6 Å². The monoisotopic (exact) mass is 410 g/mol. The summed E-state index contributed by atoms with van der Waals surface area (Å²) in [6.07, 6.45) is 3.41. The van der Waals surface area contributed by atoms with Crippen LogP contribution in [0.25, 0.3) is 0 Å². The van der Waals surface area contributed by atoms with Gasteiger partial charge in [0.05, 0.1) is 12.6 Å². The van der Waals surface area contributed by atoms with Crippen LogP contribution in [0.2, 0.25) is 0 Å². The van der Waals surface area contributed by atoms with Crippen molar-refractivity contribution in [1.82, 2.24) is 16.0 Å². The first-order chi connectivity index (χ1) is 12.1. The molecule has 0 spiro atoms. The van der Waals surface area contributed by atoms with Crippen molar-refractivity contribution < 1.29 is 9.90 Å². The van der Waals surface area contributed by atoms with E-state index in [2.05, 4.69) is 36.9 Å². The molecule has 6 nitrogen and oxygen atoms in total. The summed E-state index contributed by atoms with van der Waals surface area (Å²) in [4.78, 5) is 16.6. The Bertz CT molecular complexity index is 569. The van der Waals surface area contributed by atoms with Gasteiger partial charge in [-0.1, -0.05) is 15.9 Å². The lowest BCUT2D eigenvalue weighted by molar-refractivity contribution is 0.0954. The molecule has 1 aromatic rings. The summed E-state index contributed by atoms with van der Waals surface area (Å²) in [7, 11) is 0. The van der Waals surface area contributed by atoms with Gasteiger partial charge in [0.25, 0.3) is 5.91 Å². The van der Waals surface area contributed by atoms with E-state index in [0.717, 1.165) is 42.7 Å². The van der Waals surface area contributed by atoms with Crippen LogP contribution in [-0.4, -0.2) is 48.8 Å². The summed E-state index contributed by atoms with van der Waals surface area (Å²) < 4.78 is 0.949. The molecule has 0 unspecified atom stereocenters. The molecular formula is C18H27BrN4O2. The molecule has 1 saturated carbocycles. The van der Waals surface area contributed by atoms with Gasteiger partial charge in [-0.25, -0.2) is 0 Å². The van der Waals surface area contributed by atoms with Gasteiger partial charge in [-0.05, 0) is 56.9 Å². The van der Waals surface area contributed by atoms with Gasteiger partial charge in [0.2, 0.25) is 0 Å². The molecule has 0 radical (unpaired) electrons. The normalized spacial score (nSPS) is 20.8. The van der Waals surface area contributed by atoms with Gasteiger partial charge in [-0.15, -0.1) is 0 Å². The van der Waals surface area contributed by atoms with Crippen molar-refractivity contribution in [1.29, 1.82) is 0 Å². The second kappa shape index (κ2) is 10.4. The predicted molar refractivity (Wildman–Crippen MR) is 104 cm³/mol. The molecule has 25 heavy (non-hydrogen) atoms. The molecule has 0 aromatic heterocycles. The third-order valence-electron chi connectivity index (χ3n) is 4.16. The first kappa shape index (κ1) is 19.7. The highest BCUT2D eigenvalue weighted by Gasteiger charge is 2.19. The molecule has 1 amide bonds. The van der Waals surface area contributed by atoms with Crippen molar-refractivity contribution in [3.8, 4) is 0 Å². The molecule has 4 N–H and O–H groups in total. The number of benzene rings is 1. The summed E-state index contributed by atoms with van der Waals surface area (Å²) in [5.41, 5.74) is 0.637. The maximum Gasteiger partial charge on any atom is 0.251 e. The van der Waals surface area contributed by atoms with Crippen LogP contribution < -0.4 is 16.0 Å². The van der Waals surface area contributed by atoms with Crippen molar-refractivity contribution in [2.24, 2.45) is 4.99 Å². The number of rotatable bonds is 6. The number of carbonyl (C=O) groups is 1. The molecule has 0 heterocycles. The summed E-state index contributed by atoms with van der Waals surface area (Å²) in [5, 5.41) is 19.1. The van der Waals surface area contributed by atoms with E-state index in [1.54, 1.807) is 12.1 Å². The third kappa shape index (κ3) is 7.04. The predicted octanol–water partition coefficient (Wildman–Crippen LogP) is 2.04. The fourth-order valence-electron chi connectivity index (χ4n) is 2.77. The first-order valence-corrected chi connectivity index (χ1v) is 9.64. The Morgan fingerprint density at radius 2 is 1.88 bits per heavy atom. The van der Waals surface area contributed by atoms with Crippen LogP contribution in [0, 0.1) is 0 Å². The molecule has 1 aromatic carbocycles. The zero-order chi connectivity index (χ0) is 18.1. The van der Waals surface area contributed by atoms with E-state index in [-0.39, 0.29) is 12.0 Å². The fourth-order valence-corrected chi connectivity index (χ4v) is 3.04. The van der Waals surface area contributed by atoms with Crippen LogP contribution in [0.4, 0.5) is 0 Å². The highest BCUT2D eigenvalue weighted by molar-refractivity contribution is 9.10. The number of guanidine groups is 1. The Labute approximate surface area is 157 Å². The number of amides is 1. The average molecular weight is 411 g/mol. The minimum Gasteiger partial charge on any atom is -0.393 e. The zero-order valence-corrected chi connectivity index (χ0v) is 16.2. The van der Waals surface area contributed by atoms with Crippen LogP contribution in [0.15, 0.2) is 33.7 Å². The van der Waals surface area contributed by atoms with Crippen LogP contribution in [0.3, 0.4) is 0 Å². The molecule has 1 aliphatic rings. The quantitative estimate of drug-likeness (QED) is 0.328. The maximum absolute atomic E-state index is 12.0. The van der Waals surface area contributed by atoms with Crippen molar-refractivity contribution in [3.63, 3.8) is 0 Å². The van der Waals surface area contributed by atoms with E-state index >= 15 is 0 Å². The molecule has 0 atom stereocenters. The topological polar surface area (TPSA) is 85.8 Å². The van der Waals surface area contributed by atoms with Gasteiger partial charge in [-0.2, -0.15) is 0 Å². The number of aliphatic hydroxyl groups is 1. The molecular weight excluding hydrogens is 384 g/mol. The number of halogens is 1. The number of carbonyl (C=O) groups excluding carboxylic acids is 1. The standard InChI is InChI=1S/C18H27BrN4O2/c1-2-20-18(23-15-7-9-16(24)10-8-15)22-12-11-21-17(25)13-3-5-14(19)6-4-13/h3-6,15-16,24H,2,7-12H2,1H3,(H,21,25)(H2,20,22,23). The maximum atomic E-state index is 12.0. The van der Waals surface area contributed by atoms with Gasteiger partial charge >= 0.3 is 0 Å². The fraction of sp³-hybridized carbons (Fsp3) is 0.556. The highest BCUT2D eigenvalue weighted by atomic mass is 79.9. The van der Waals surface area contributed by atoms with E-state index in [9.17, 15) is 9.90 Å². The second-order valence-corrected chi connectivity index (χ2v) is 7.09. The van der Waals surface area contributed by atoms with Crippen molar-refractivity contribution in [2.45, 2.75) is 44.8 Å². The van der Waals surface area contributed by atoms with Gasteiger partial charge in [0.15, 0.2) is 5.96 Å². The second-order valence-electron chi connectivity index (χ2n) is 6.17. The third-order valence-corrected chi connectivity index (χ3v) is 4.68. The Morgan fingerprint density at radius 3 is 2.52 bits per heavy atom. The van der Waals surface area contributed by atoms with Crippen LogP contribution >= 0.6 is 15.9 Å². The smallest absolute Gasteiger partial charge is 0.251 e. The average Bonchev–Trinajstić information content (AvgIpc) is 2.61.